The molecule has 0 atom stereocenters. The van der Waals surface area contributed by atoms with Crippen molar-refractivity contribution >= 4 is 39.3 Å². The van der Waals surface area contributed by atoms with Gasteiger partial charge in [-0.05, 0) is 65.8 Å². The van der Waals surface area contributed by atoms with E-state index in [1.807, 2.05) is 79.9 Å². The Balaban J connectivity index is 0.00000507. The average molecular weight is 655 g/mol. The number of carbonyl (C=O) groups is 2. The highest BCUT2D eigenvalue weighted by molar-refractivity contribution is 7.21. The Morgan fingerprint density at radius 3 is 2.37 bits per heavy atom. The van der Waals surface area contributed by atoms with E-state index in [2.05, 4.69) is 26.9 Å². The molecule has 1 aromatic rings. The topological polar surface area (TPSA) is 83.8 Å². The van der Waals surface area contributed by atoms with E-state index >= 15 is 0 Å². The van der Waals surface area contributed by atoms with Crippen LogP contribution in [0.1, 0.15) is 48.0 Å². The number of fused-ring (bicyclic) bond motifs is 2. The summed E-state index contributed by atoms with van der Waals surface area (Å²) in [6, 6.07) is 12.4. The van der Waals surface area contributed by atoms with Gasteiger partial charge in [0.05, 0.1) is 20.8 Å². The maximum absolute atomic E-state index is 12.1. The smallest absolute Gasteiger partial charge is 0.407 e. The molecule has 2 aliphatic rings. The van der Waals surface area contributed by atoms with Crippen molar-refractivity contribution in [3.05, 3.63) is 41.8 Å². The van der Waals surface area contributed by atoms with Crippen molar-refractivity contribution in [2.45, 2.75) is 59.2 Å². The summed E-state index contributed by atoms with van der Waals surface area (Å²) in [6.45, 7) is 12.8. The van der Waals surface area contributed by atoms with Gasteiger partial charge in [0.25, 0.3) is 0 Å². The molecular weight excluding hydrogens is 615 g/mol. The van der Waals surface area contributed by atoms with Crippen molar-refractivity contribution in [3.8, 4) is 10.6 Å². The Kier molecular flexibility index (Phi) is 10.9. The number of benzene rings is 2. The van der Waals surface area contributed by atoms with Gasteiger partial charge in [0.15, 0.2) is 6.54 Å². The number of halogens is 1. The van der Waals surface area contributed by atoms with Crippen molar-refractivity contribution < 1.29 is 43.0 Å². The monoisotopic (exact) mass is 654 g/mol. The third-order valence-corrected chi connectivity index (χ3v) is 6.51. The first-order chi connectivity index (χ1) is 17.2. The van der Waals surface area contributed by atoms with Gasteiger partial charge in [0.1, 0.15) is 24.7 Å². The van der Waals surface area contributed by atoms with Crippen molar-refractivity contribution in [1.82, 2.24) is 14.9 Å². The molecule has 0 aromatic heterocycles. The number of hydrogen-bond acceptors (Lipinski definition) is 7. The number of anilines is 1. The molecule has 0 saturated carbocycles. The standard InChI is InChI=1S/C28H38N4O4S.HI/c1-27(2,3)35-25(33)13-15-31(7)19-9-11-21-23(17-19)37-24-18-20(10-12-22(24)30-21)32(8)16-14-29-26(34)36-28(4,5)6;/h9-12,17-18H,13-16H2,1-8H3;1H. The highest BCUT2D eigenvalue weighted by Crippen LogP contribution is 2.31. The molecule has 1 aromatic carbocycles. The second-order valence-electron chi connectivity index (χ2n) is 11.1. The van der Waals surface area contributed by atoms with E-state index in [4.69, 9.17) is 14.5 Å². The van der Waals surface area contributed by atoms with Crippen LogP contribution in [-0.2, 0) is 14.3 Å². The molecule has 0 spiro atoms. The number of hydrogen-bond donors (Lipinski definition) is 1. The van der Waals surface area contributed by atoms with E-state index in [0.717, 1.165) is 31.8 Å². The van der Waals surface area contributed by atoms with Gasteiger partial charge in [0, 0.05) is 38.0 Å². The zero-order valence-electron chi connectivity index (χ0n) is 23.6. The molecule has 0 fully saturated rings. The molecule has 0 radical (unpaired) electrons. The predicted molar refractivity (Wildman–Crippen MR) is 150 cm³/mol. The van der Waals surface area contributed by atoms with Crippen LogP contribution in [0.2, 0.25) is 0 Å². The molecule has 208 valence electrons. The van der Waals surface area contributed by atoms with Crippen LogP contribution < -0.4 is 44.1 Å². The van der Waals surface area contributed by atoms with Crippen molar-refractivity contribution in [2.75, 3.05) is 38.6 Å². The minimum Gasteiger partial charge on any atom is -1.00 e. The summed E-state index contributed by atoms with van der Waals surface area (Å²) in [5.41, 5.74) is 1.92. The van der Waals surface area contributed by atoms with E-state index in [1.54, 1.807) is 11.3 Å². The fourth-order valence-corrected chi connectivity index (χ4v) is 4.66. The van der Waals surface area contributed by atoms with Crippen molar-refractivity contribution in [2.24, 2.45) is 0 Å². The molecule has 1 aliphatic heterocycles. The Hall–Kier alpha value is -2.47. The van der Waals surface area contributed by atoms with Crippen LogP contribution in [0.4, 0.5) is 10.5 Å². The molecular formula is C28H39IN4O4S. The van der Waals surface area contributed by atoms with Crippen LogP contribution in [0.25, 0.3) is 20.8 Å². The third kappa shape index (κ3) is 9.68. The molecule has 0 saturated heterocycles. The molecule has 38 heavy (non-hydrogen) atoms. The average Bonchev–Trinajstić information content (AvgIpc) is 2.78. The fourth-order valence-electron chi connectivity index (χ4n) is 3.63. The van der Waals surface area contributed by atoms with E-state index in [0.29, 0.717) is 26.1 Å². The second kappa shape index (κ2) is 13.1. The maximum atomic E-state index is 12.1. The maximum Gasteiger partial charge on any atom is 0.407 e. The highest BCUT2D eigenvalue weighted by Gasteiger charge is 2.18. The summed E-state index contributed by atoms with van der Waals surface area (Å²) in [7, 11) is 3.97. The Morgan fingerprint density at radius 2 is 1.71 bits per heavy atom. The lowest BCUT2D eigenvalue weighted by Crippen LogP contribution is -3.00. The number of aromatic nitrogens is 1. The van der Waals surface area contributed by atoms with Gasteiger partial charge in [-0.2, -0.15) is 0 Å². The Labute approximate surface area is 246 Å². The van der Waals surface area contributed by atoms with Gasteiger partial charge in [-0.3, -0.25) is 4.79 Å². The predicted octanol–water partition coefficient (Wildman–Crippen LogP) is 1.50. The summed E-state index contributed by atoms with van der Waals surface area (Å²) in [6.07, 6.45) is -0.0897. The molecule has 3 rings (SSSR count). The summed E-state index contributed by atoms with van der Waals surface area (Å²) < 4.78 is 13.9. The number of ether oxygens (including phenoxy) is 2. The fraction of sp³-hybridized carbons (Fsp3) is 0.500. The van der Waals surface area contributed by atoms with Gasteiger partial charge in [-0.15, -0.1) is 11.3 Å². The Bertz CT molecular complexity index is 1310. The quantitative estimate of drug-likeness (QED) is 0.180. The largest absolute Gasteiger partial charge is 1.00 e. The summed E-state index contributed by atoms with van der Waals surface area (Å²) in [5, 5.41) is 3.82. The summed E-state index contributed by atoms with van der Waals surface area (Å²) in [5.74, 6) is -0.200. The molecule has 8 nitrogen and oxygen atoms in total. The first-order valence-corrected chi connectivity index (χ1v) is 13.3. The molecule has 0 bridgehead atoms. The molecule has 1 aliphatic carbocycles. The second-order valence-corrected chi connectivity index (χ2v) is 12.2. The SMILES string of the molecule is CN(CCNC(=O)OC(C)(C)C)c1ccc2nc3ccc(=[N+](C)CCC(=O)OC(C)(C)C)cc-3sc2c1.[I-]. The van der Waals surface area contributed by atoms with E-state index in [1.165, 1.54) is 0 Å². The van der Waals surface area contributed by atoms with Gasteiger partial charge in [0.2, 0.25) is 5.36 Å². The first-order valence-electron chi connectivity index (χ1n) is 12.5. The molecule has 0 unspecified atom stereocenters. The van der Waals surface area contributed by atoms with Crippen LogP contribution in [-0.4, -0.2) is 62.0 Å². The number of amides is 1. The van der Waals surface area contributed by atoms with E-state index in [-0.39, 0.29) is 29.9 Å². The van der Waals surface area contributed by atoms with Crippen LogP contribution >= 0.6 is 11.3 Å². The van der Waals surface area contributed by atoms with E-state index < -0.39 is 17.3 Å². The highest BCUT2D eigenvalue weighted by atomic mass is 127. The minimum absolute atomic E-state index is 0. The van der Waals surface area contributed by atoms with Gasteiger partial charge in [-0.25, -0.2) is 14.4 Å². The molecule has 10 heteroatoms. The van der Waals surface area contributed by atoms with Crippen molar-refractivity contribution in [3.63, 3.8) is 0 Å². The number of alkyl carbamates (subject to hydrolysis) is 1. The number of esters is 1. The van der Waals surface area contributed by atoms with Gasteiger partial charge in [-0.1, -0.05) is 0 Å². The normalized spacial score (nSPS) is 12.5. The lowest BCUT2D eigenvalue weighted by Gasteiger charge is -2.22. The first kappa shape index (κ1) is 31.7. The van der Waals surface area contributed by atoms with Crippen LogP contribution in [0.5, 0.6) is 0 Å². The number of rotatable bonds is 7. The summed E-state index contributed by atoms with van der Waals surface area (Å²) >= 11 is 1.68. The molecule has 1 N–H and O–H groups in total. The van der Waals surface area contributed by atoms with Crippen LogP contribution in [0.3, 0.4) is 0 Å². The third-order valence-electron chi connectivity index (χ3n) is 5.42. The van der Waals surface area contributed by atoms with Crippen molar-refractivity contribution in [1.29, 1.82) is 0 Å². The number of likely N-dealkylation sites (N-methyl/N-ethyl adjacent to an activating group) is 1. The minimum atomic E-state index is -0.516. The lowest BCUT2D eigenvalue weighted by atomic mass is 10.2. The number of nitrogens with zero attached hydrogens (tertiary/aromatic N) is 3. The zero-order valence-corrected chi connectivity index (χ0v) is 26.5. The zero-order chi connectivity index (χ0) is 27.4. The van der Waals surface area contributed by atoms with Crippen LogP contribution in [0.15, 0.2) is 36.4 Å². The number of nitrogens with one attached hydrogen (secondary N) is 1. The number of carbonyl (C=O) groups excluding carboxylic acids is 2. The van der Waals surface area contributed by atoms with Gasteiger partial charge < -0.3 is 43.7 Å². The molecule has 1 amide bonds. The van der Waals surface area contributed by atoms with Gasteiger partial charge >= 0.3 is 12.1 Å². The van der Waals surface area contributed by atoms with E-state index in [9.17, 15) is 9.59 Å². The Morgan fingerprint density at radius 1 is 1.03 bits per heavy atom. The van der Waals surface area contributed by atoms with Crippen LogP contribution in [0, 0.1) is 0 Å². The lowest BCUT2D eigenvalue weighted by molar-refractivity contribution is -0.154. The summed E-state index contributed by atoms with van der Waals surface area (Å²) in [4.78, 5) is 32.0. The molecule has 1 heterocycles.